The fraction of sp³-hybridized carbons (Fsp3) is 0.700. The Morgan fingerprint density at radius 1 is 0.810 bits per heavy atom. The molecule has 0 saturated carbocycles. The summed E-state index contributed by atoms with van der Waals surface area (Å²) in [5, 5.41) is 0. The fourth-order valence-corrected chi connectivity index (χ4v) is 3.39. The molecule has 0 bridgehead atoms. The molecule has 21 heavy (non-hydrogen) atoms. The van der Waals surface area contributed by atoms with Crippen LogP contribution in [-0.2, 0) is 13.0 Å². The quantitative estimate of drug-likeness (QED) is 0.508. The molecule has 0 amide bonds. The molecular weight excluding hydrogens is 254 g/mol. The smallest absolute Gasteiger partial charge is 0.0236 e. The van der Waals surface area contributed by atoms with Gasteiger partial charge in [0.1, 0.15) is 0 Å². The summed E-state index contributed by atoms with van der Waals surface area (Å²) in [6.45, 7) is 6.02. The van der Waals surface area contributed by atoms with E-state index < -0.39 is 0 Å². The summed E-state index contributed by atoms with van der Waals surface area (Å²) >= 11 is 0. The van der Waals surface area contributed by atoms with E-state index in [0.717, 1.165) is 0 Å². The van der Waals surface area contributed by atoms with Crippen LogP contribution in [0.5, 0.6) is 0 Å². The van der Waals surface area contributed by atoms with Gasteiger partial charge in [-0.15, -0.1) is 0 Å². The molecule has 0 saturated heterocycles. The van der Waals surface area contributed by atoms with Crippen LogP contribution < -0.4 is 0 Å². The van der Waals surface area contributed by atoms with Gasteiger partial charge in [-0.25, -0.2) is 0 Å². The van der Waals surface area contributed by atoms with Crippen molar-refractivity contribution in [1.29, 1.82) is 0 Å². The average molecular weight is 287 g/mol. The molecule has 1 nitrogen and oxygen atoms in total. The van der Waals surface area contributed by atoms with Crippen molar-refractivity contribution in [3.05, 3.63) is 35.4 Å². The number of hydrogen-bond acceptors (Lipinski definition) is 1. The van der Waals surface area contributed by atoms with Crippen LogP contribution in [0, 0.1) is 0 Å². The van der Waals surface area contributed by atoms with Crippen molar-refractivity contribution in [1.82, 2.24) is 4.90 Å². The molecule has 118 valence electrons. The molecule has 1 aliphatic heterocycles. The minimum absolute atomic E-state index is 1.17. The molecule has 0 spiro atoms. The Morgan fingerprint density at radius 3 is 2.14 bits per heavy atom. The Kier molecular flexibility index (Phi) is 7.88. The van der Waals surface area contributed by atoms with Crippen molar-refractivity contribution in [3.8, 4) is 0 Å². The topological polar surface area (TPSA) is 3.24 Å². The summed E-state index contributed by atoms with van der Waals surface area (Å²) in [5.41, 5.74) is 3.13. The van der Waals surface area contributed by atoms with E-state index >= 15 is 0 Å². The maximum atomic E-state index is 2.64. The Bertz CT molecular complexity index is 385. The molecule has 1 heterocycles. The van der Waals surface area contributed by atoms with Crippen LogP contribution in [0.25, 0.3) is 0 Å². The highest BCUT2D eigenvalue weighted by atomic mass is 15.1. The van der Waals surface area contributed by atoms with Crippen molar-refractivity contribution < 1.29 is 0 Å². The fourth-order valence-electron chi connectivity index (χ4n) is 3.39. The first-order valence-corrected chi connectivity index (χ1v) is 9.19. The van der Waals surface area contributed by atoms with Crippen molar-refractivity contribution in [2.45, 2.75) is 77.7 Å². The Morgan fingerprint density at radius 2 is 1.43 bits per heavy atom. The highest BCUT2D eigenvalue weighted by Crippen LogP contribution is 2.19. The van der Waals surface area contributed by atoms with Crippen molar-refractivity contribution >= 4 is 0 Å². The second kappa shape index (κ2) is 10.00. The number of rotatable bonds is 10. The Hall–Kier alpha value is -0.820. The van der Waals surface area contributed by atoms with E-state index in [-0.39, 0.29) is 0 Å². The maximum absolute atomic E-state index is 2.64. The molecule has 1 heteroatoms. The predicted octanol–water partition coefficient (Wildman–Crippen LogP) is 5.58. The molecule has 0 aliphatic carbocycles. The van der Waals surface area contributed by atoms with Crippen molar-refractivity contribution in [2.75, 3.05) is 13.1 Å². The summed E-state index contributed by atoms with van der Waals surface area (Å²) < 4.78 is 0. The van der Waals surface area contributed by atoms with Gasteiger partial charge in [0.15, 0.2) is 0 Å². The van der Waals surface area contributed by atoms with Gasteiger partial charge in [0.05, 0.1) is 0 Å². The van der Waals surface area contributed by atoms with Gasteiger partial charge in [-0.2, -0.15) is 0 Å². The molecule has 0 unspecified atom stereocenters. The zero-order valence-corrected chi connectivity index (χ0v) is 13.9. The van der Waals surface area contributed by atoms with E-state index in [2.05, 4.69) is 36.1 Å². The predicted molar refractivity (Wildman–Crippen MR) is 92.7 cm³/mol. The Balaban J connectivity index is 1.49. The number of hydrogen-bond donors (Lipinski definition) is 0. The summed E-state index contributed by atoms with van der Waals surface area (Å²) in [6, 6.07) is 8.96. The third kappa shape index (κ3) is 6.22. The monoisotopic (exact) mass is 287 g/mol. The first kappa shape index (κ1) is 16.5. The van der Waals surface area contributed by atoms with E-state index in [0.29, 0.717) is 0 Å². The second-order valence-electron chi connectivity index (χ2n) is 6.62. The minimum atomic E-state index is 1.17. The molecule has 0 radical (unpaired) electrons. The highest BCUT2D eigenvalue weighted by molar-refractivity contribution is 5.28. The van der Waals surface area contributed by atoms with E-state index in [4.69, 9.17) is 0 Å². The zero-order chi connectivity index (χ0) is 14.8. The highest BCUT2D eigenvalue weighted by Gasteiger charge is 2.14. The van der Waals surface area contributed by atoms with E-state index in [1.165, 1.54) is 83.8 Å². The van der Waals surface area contributed by atoms with Gasteiger partial charge < -0.3 is 0 Å². The number of unbranched alkanes of at least 4 members (excludes halogenated alkanes) is 8. The van der Waals surface area contributed by atoms with Crippen LogP contribution in [0.4, 0.5) is 0 Å². The van der Waals surface area contributed by atoms with Gasteiger partial charge in [0.2, 0.25) is 0 Å². The van der Waals surface area contributed by atoms with E-state index in [1.807, 2.05) is 0 Å². The molecule has 0 atom stereocenters. The third-order valence-corrected chi connectivity index (χ3v) is 4.79. The summed E-state index contributed by atoms with van der Waals surface area (Å²) in [4.78, 5) is 2.64. The van der Waals surface area contributed by atoms with Crippen LogP contribution in [0.3, 0.4) is 0 Å². The van der Waals surface area contributed by atoms with Crippen LogP contribution in [0.1, 0.15) is 75.8 Å². The third-order valence-electron chi connectivity index (χ3n) is 4.79. The minimum Gasteiger partial charge on any atom is -0.299 e. The van der Waals surface area contributed by atoms with Gasteiger partial charge in [0.25, 0.3) is 0 Å². The van der Waals surface area contributed by atoms with Crippen LogP contribution in [0.2, 0.25) is 0 Å². The molecule has 0 N–H and O–H groups in total. The van der Waals surface area contributed by atoms with Crippen molar-refractivity contribution in [3.63, 3.8) is 0 Å². The van der Waals surface area contributed by atoms with Gasteiger partial charge in [0, 0.05) is 13.1 Å². The van der Waals surface area contributed by atoms with Crippen molar-refractivity contribution in [2.24, 2.45) is 0 Å². The molecule has 0 aromatic heterocycles. The molecule has 2 rings (SSSR count). The molecule has 1 aliphatic rings. The van der Waals surface area contributed by atoms with Gasteiger partial charge in [-0.3, -0.25) is 4.90 Å². The molecule has 1 aromatic rings. The van der Waals surface area contributed by atoms with Gasteiger partial charge in [-0.1, -0.05) is 82.6 Å². The number of benzene rings is 1. The molecule has 0 fully saturated rings. The lowest BCUT2D eigenvalue weighted by atomic mass is 9.99. The molecular formula is C20H33N. The lowest BCUT2D eigenvalue weighted by Crippen LogP contribution is -2.31. The zero-order valence-electron chi connectivity index (χ0n) is 13.9. The van der Waals surface area contributed by atoms with E-state index in [9.17, 15) is 0 Å². The standard InChI is InChI=1S/C20H33N/c1-2-3-4-5-6-7-8-9-12-16-21-17-15-19-13-10-11-14-20(19)18-21/h10-11,13-14H,2-9,12,15-18H2,1H3. The van der Waals surface area contributed by atoms with Gasteiger partial charge >= 0.3 is 0 Å². The Labute approximate surface area is 131 Å². The molecule has 1 aromatic carbocycles. The number of fused-ring (bicyclic) bond motifs is 1. The second-order valence-corrected chi connectivity index (χ2v) is 6.62. The summed E-state index contributed by atoms with van der Waals surface area (Å²) in [6.07, 6.45) is 14.1. The van der Waals surface area contributed by atoms with Crippen LogP contribution in [-0.4, -0.2) is 18.0 Å². The lowest BCUT2D eigenvalue weighted by Gasteiger charge is -2.28. The summed E-state index contributed by atoms with van der Waals surface area (Å²) in [5.74, 6) is 0. The number of nitrogens with zero attached hydrogens (tertiary/aromatic N) is 1. The van der Waals surface area contributed by atoms with E-state index in [1.54, 1.807) is 11.1 Å². The lowest BCUT2D eigenvalue weighted by molar-refractivity contribution is 0.248. The largest absolute Gasteiger partial charge is 0.299 e. The maximum Gasteiger partial charge on any atom is 0.0236 e. The normalized spacial score (nSPS) is 15.1. The first-order valence-electron chi connectivity index (χ1n) is 9.19. The van der Waals surface area contributed by atoms with Crippen LogP contribution >= 0.6 is 0 Å². The SMILES string of the molecule is CCCCCCCCCCCN1CCc2ccccc2C1. The first-order chi connectivity index (χ1) is 10.4. The average Bonchev–Trinajstić information content (AvgIpc) is 2.53. The van der Waals surface area contributed by atoms with Gasteiger partial charge in [-0.05, 0) is 30.5 Å². The van der Waals surface area contributed by atoms with Crippen LogP contribution in [0.15, 0.2) is 24.3 Å². The summed E-state index contributed by atoms with van der Waals surface area (Å²) in [7, 11) is 0.